The third kappa shape index (κ3) is 6.55. The van der Waals surface area contributed by atoms with Crippen molar-refractivity contribution < 1.29 is 14.3 Å². The Labute approximate surface area is 202 Å². The van der Waals surface area contributed by atoms with E-state index in [4.69, 9.17) is 4.52 Å². The first-order valence-electron chi connectivity index (χ1n) is 12.1. The highest BCUT2D eigenvalue weighted by Gasteiger charge is 2.45. The van der Waals surface area contributed by atoms with Crippen LogP contribution in [0.1, 0.15) is 103 Å². The number of unbranched alkanes of at least 4 members (excludes halogenated alkanes) is 3. The molecule has 3 nitrogen and oxygen atoms in total. The van der Waals surface area contributed by atoms with E-state index in [0.29, 0.717) is 0 Å². The number of hydrogen-bond acceptors (Lipinski definition) is 3. The van der Waals surface area contributed by atoms with E-state index in [0.717, 1.165) is 53.5 Å². The van der Waals surface area contributed by atoms with Crippen LogP contribution >= 0.6 is 8.60 Å². The summed E-state index contributed by atoms with van der Waals surface area (Å²) in [6, 6.07) is 16.5. The van der Waals surface area contributed by atoms with Crippen molar-refractivity contribution in [1.82, 2.24) is 0 Å². The Morgan fingerprint density at radius 2 is 1.18 bits per heavy atom. The van der Waals surface area contributed by atoms with E-state index in [2.05, 4.69) is 79.3 Å². The standard InChI is InChI=1S/C29H43O3P/c1-9-10-11-12-17-22(2)29(32-33(30)31,25-20-15-13-18-23(25)27(3,4)5)26-21-16-14-19-24(26)28(6,7)8/h13-16,18-21,30-31H,2,9-12,17H2,1,3-8H3. The highest BCUT2D eigenvalue weighted by atomic mass is 31.2. The monoisotopic (exact) mass is 470 g/mol. The molecule has 0 unspecified atom stereocenters. The highest BCUT2D eigenvalue weighted by molar-refractivity contribution is 7.39. The third-order valence-electron chi connectivity index (χ3n) is 6.28. The Kier molecular flexibility index (Phi) is 9.48. The predicted octanol–water partition coefficient (Wildman–Crippen LogP) is 8.28. The van der Waals surface area contributed by atoms with Crippen molar-refractivity contribution in [2.75, 3.05) is 0 Å². The van der Waals surface area contributed by atoms with Crippen LogP contribution in [0.25, 0.3) is 0 Å². The maximum atomic E-state index is 10.3. The summed E-state index contributed by atoms with van der Waals surface area (Å²) in [5.74, 6) is 0. The maximum Gasteiger partial charge on any atom is 0.328 e. The lowest BCUT2D eigenvalue weighted by atomic mass is 9.69. The largest absolute Gasteiger partial charge is 0.328 e. The molecule has 4 heteroatoms. The van der Waals surface area contributed by atoms with Gasteiger partial charge in [-0.05, 0) is 51.5 Å². The zero-order valence-corrected chi connectivity index (χ0v) is 22.5. The summed E-state index contributed by atoms with van der Waals surface area (Å²) in [7, 11) is -2.65. The van der Waals surface area contributed by atoms with Crippen LogP contribution in [-0.4, -0.2) is 9.79 Å². The minimum Gasteiger partial charge on any atom is -0.328 e. The van der Waals surface area contributed by atoms with Crippen LogP contribution in [-0.2, 0) is 21.0 Å². The molecule has 2 rings (SSSR count). The summed E-state index contributed by atoms with van der Waals surface area (Å²) >= 11 is 0. The van der Waals surface area contributed by atoms with Gasteiger partial charge in [0.25, 0.3) is 0 Å². The van der Waals surface area contributed by atoms with Crippen molar-refractivity contribution in [3.8, 4) is 0 Å². The molecular weight excluding hydrogens is 427 g/mol. The molecule has 33 heavy (non-hydrogen) atoms. The molecule has 0 aliphatic carbocycles. The van der Waals surface area contributed by atoms with Crippen molar-refractivity contribution >= 4 is 8.60 Å². The average molecular weight is 471 g/mol. The second-order valence-corrected chi connectivity index (χ2v) is 11.7. The Balaban J connectivity index is 2.90. The highest BCUT2D eigenvalue weighted by Crippen LogP contribution is 2.53. The molecule has 0 fully saturated rings. The van der Waals surface area contributed by atoms with Gasteiger partial charge in [0.2, 0.25) is 0 Å². The van der Waals surface area contributed by atoms with E-state index in [9.17, 15) is 9.79 Å². The summed E-state index contributed by atoms with van der Waals surface area (Å²) < 4.78 is 6.28. The van der Waals surface area contributed by atoms with E-state index in [1.54, 1.807) is 0 Å². The molecule has 2 aromatic carbocycles. The summed E-state index contributed by atoms with van der Waals surface area (Å²) in [6.07, 6.45) is 5.18. The minimum atomic E-state index is -2.65. The van der Waals surface area contributed by atoms with Crippen LogP contribution in [0.2, 0.25) is 0 Å². The third-order valence-corrected chi connectivity index (χ3v) is 6.71. The topological polar surface area (TPSA) is 49.7 Å². The number of rotatable bonds is 10. The SMILES string of the molecule is C=C(CCCCCC)C(OP(O)O)(c1ccccc1C(C)(C)C)c1ccccc1C(C)(C)C. The Hall–Kier alpha value is -1.51. The summed E-state index contributed by atoms with van der Waals surface area (Å²) in [5.41, 5.74) is 3.46. The van der Waals surface area contributed by atoms with E-state index in [1.807, 2.05) is 24.3 Å². The van der Waals surface area contributed by atoms with Gasteiger partial charge in [-0.1, -0.05) is 123 Å². The van der Waals surface area contributed by atoms with Gasteiger partial charge in [0.1, 0.15) is 5.60 Å². The molecule has 0 radical (unpaired) electrons. The summed E-state index contributed by atoms with van der Waals surface area (Å²) in [5, 5.41) is 0. The zero-order chi connectivity index (χ0) is 24.9. The molecule has 0 saturated carbocycles. The van der Waals surface area contributed by atoms with E-state index < -0.39 is 14.2 Å². The lowest BCUT2D eigenvalue weighted by Gasteiger charge is -2.42. The van der Waals surface area contributed by atoms with Crippen LogP contribution < -0.4 is 0 Å². The van der Waals surface area contributed by atoms with Crippen LogP contribution in [0, 0.1) is 0 Å². The lowest BCUT2D eigenvalue weighted by molar-refractivity contribution is 0.118. The van der Waals surface area contributed by atoms with Gasteiger partial charge < -0.3 is 9.79 Å². The maximum absolute atomic E-state index is 10.3. The van der Waals surface area contributed by atoms with Crippen molar-refractivity contribution in [1.29, 1.82) is 0 Å². The van der Waals surface area contributed by atoms with Crippen LogP contribution in [0.5, 0.6) is 0 Å². The lowest BCUT2D eigenvalue weighted by Crippen LogP contribution is -2.37. The van der Waals surface area contributed by atoms with Crippen molar-refractivity contribution in [2.24, 2.45) is 0 Å². The smallest absolute Gasteiger partial charge is 0.328 e. The van der Waals surface area contributed by atoms with Gasteiger partial charge in [-0.2, -0.15) is 0 Å². The molecule has 0 aromatic heterocycles. The Morgan fingerprint density at radius 3 is 1.55 bits per heavy atom. The van der Waals surface area contributed by atoms with Gasteiger partial charge in [0, 0.05) is 0 Å². The molecule has 0 aliphatic heterocycles. The van der Waals surface area contributed by atoms with Gasteiger partial charge >= 0.3 is 8.60 Å². The molecule has 0 amide bonds. The summed E-state index contributed by atoms with van der Waals surface area (Å²) in [6.45, 7) is 19.8. The van der Waals surface area contributed by atoms with E-state index in [1.165, 1.54) is 6.42 Å². The van der Waals surface area contributed by atoms with E-state index in [-0.39, 0.29) is 10.8 Å². The summed E-state index contributed by atoms with van der Waals surface area (Å²) in [4.78, 5) is 20.6. The first-order valence-corrected chi connectivity index (χ1v) is 13.3. The van der Waals surface area contributed by atoms with Crippen molar-refractivity contribution in [2.45, 2.75) is 97.0 Å². The average Bonchev–Trinajstić information content (AvgIpc) is 2.73. The normalized spacial score (nSPS) is 12.9. The van der Waals surface area contributed by atoms with Crippen molar-refractivity contribution in [3.63, 3.8) is 0 Å². The molecule has 2 N–H and O–H groups in total. The molecule has 0 aliphatic rings. The second kappa shape index (κ2) is 11.3. The molecule has 0 bridgehead atoms. The predicted molar refractivity (Wildman–Crippen MR) is 141 cm³/mol. The Morgan fingerprint density at radius 1 is 0.758 bits per heavy atom. The fraction of sp³-hybridized carbons (Fsp3) is 0.517. The fourth-order valence-corrected chi connectivity index (χ4v) is 5.21. The van der Waals surface area contributed by atoms with Crippen LogP contribution in [0.3, 0.4) is 0 Å². The molecular formula is C29H43O3P. The van der Waals surface area contributed by atoms with Gasteiger partial charge in [-0.15, -0.1) is 0 Å². The molecule has 0 atom stereocenters. The first-order chi connectivity index (χ1) is 15.4. The Bertz CT molecular complexity index is 861. The van der Waals surface area contributed by atoms with Gasteiger partial charge in [-0.3, -0.25) is 4.52 Å². The van der Waals surface area contributed by atoms with Gasteiger partial charge in [0.05, 0.1) is 0 Å². The van der Waals surface area contributed by atoms with Gasteiger partial charge in [0.15, 0.2) is 0 Å². The van der Waals surface area contributed by atoms with Crippen molar-refractivity contribution in [3.05, 3.63) is 82.9 Å². The number of benzene rings is 2. The molecule has 0 heterocycles. The molecule has 182 valence electrons. The zero-order valence-electron chi connectivity index (χ0n) is 21.6. The van der Waals surface area contributed by atoms with Crippen LogP contribution in [0.4, 0.5) is 0 Å². The minimum absolute atomic E-state index is 0.169. The van der Waals surface area contributed by atoms with Gasteiger partial charge in [-0.25, -0.2) is 0 Å². The molecule has 0 saturated heterocycles. The first kappa shape index (κ1) is 27.7. The van der Waals surface area contributed by atoms with E-state index >= 15 is 0 Å². The quantitative estimate of drug-likeness (QED) is 0.209. The molecule has 2 aromatic rings. The van der Waals surface area contributed by atoms with Crippen LogP contribution in [0.15, 0.2) is 60.7 Å². The second-order valence-electron chi connectivity index (χ2n) is 11.0. The number of hydrogen-bond donors (Lipinski definition) is 2. The molecule has 0 spiro atoms. The fourth-order valence-electron chi connectivity index (χ4n) is 4.64.